The lowest BCUT2D eigenvalue weighted by molar-refractivity contribution is 0.00637. The summed E-state index contributed by atoms with van der Waals surface area (Å²) in [4.78, 5) is 15.8. The van der Waals surface area contributed by atoms with Crippen molar-refractivity contribution in [3.63, 3.8) is 0 Å². The van der Waals surface area contributed by atoms with Gasteiger partial charge in [0.25, 0.3) is 0 Å². The zero-order valence-corrected chi connectivity index (χ0v) is 14.8. The third kappa shape index (κ3) is 3.81. The lowest BCUT2D eigenvalue weighted by atomic mass is 9.60. The van der Waals surface area contributed by atoms with E-state index in [0.717, 1.165) is 37.5 Å². The van der Waals surface area contributed by atoms with Crippen molar-refractivity contribution in [1.29, 1.82) is 0 Å². The van der Waals surface area contributed by atoms with Crippen LogP contribution in [0.5, 0.6) is 0 Å². The van der Waals surface area contributed by atoms with Crippen LogP contribution in [0, 0.1) is 5.41 Å². The van der Waals surface area contributed by atoms with Gasteiger partial charge in [0.05, 0.1) is 0 Å². The third-order valence-corrected chi connectivity index (χ3v) is 5.73. The molecule has 3 rings (SSSR count). The molecule has 0 aromatic heterocycles. The molecule has 0 bridgehead atoms. The number of nitrogens with one attached hydrogen (secondary N) is 1. The van der Waals surface area contributed by atoms with Gasteiger partial charge in [-0.25, -0.2) is 4.79 Å². The Kier molecular flexibility index (Phi) is 4.83. The Balaban J connectivity index is 1.45. The molecule has 4 nitrogen and oxygen atoms in total. The minimum Gasteiger partial charge on any atom is -0.335 e. The predicted octanol–water partition coefficient (Wildman–Crippen LogP) is 3.36. The van der Waals surface area contributed by atoms with Crippen molar-refractivity contribution >= 4 is 17.6 Å². The quantitative estimate of drug-likeness (QED) is 0.919. The van der Waals surface area contributed by atoms with Crippen LogP contribution in [-0.4, -0.2) is 49.1 Å². The first kappa shape index (κ1) is 16.6. The molecule has 1 saturated heterocycles. The lowest BCUT2D eigenvalue weighted by Gasteiger charge is -2.52. The van der Waals surface area contributed by atoms with Crippen molar-refractivity contribution in [2.45, 2.75) is 38.3 Å². The first-order chi connectivity index (χ1) is 11.0. The molecule has 0 unspecified atom stereocenters. The van der Waals surface area contributed by atoms with Crippen LogP contribution in [0.1, 0.15) is 31.2 Å². The van der Waals surface area contributed by atoms with Gasteiger partial charge in [-0.1, -0.05) is 29.8 Å². The van der Waals surface area contributed by atoms with E-state index in [-0.39, 0.29) is 6.03 Å². The largest absolute Gasteiger partial charge is 0.335 e. The summed E-state index contributed by atoms with van der Waals surface area (Å²) in [6.07, 6.45) is 4.72. The molecule has 2 fully saturated rings. The number of hydrogen-bond acceptors (Lipinski definition) is 2. The zero-order valence-electron chi connectivity index (χ0n) is 14.0. The van der Waals surface area contributed by atoms with Gasteiger partial charge in [-0.05, 0) is 55.8 Å². The molecule has 0 radical (unpaired) electrons. The fourth-order valence-corrected chi connectivity index (χ4v) is 4.05. The van der Waals surface area contributed by atoms with Gasteiger partial charge in [0.2, 0.25) is 0 Å². The van der Waals surface area contributed by atoms with E-state index in [1.807, 2.05) is 12.1 Å². The monoisotopic (exact) mass is 335 g/mol. The van der Waals surface area contributed by atoms with Gasteiger partial charge in [-0.15, -0.1) is 0 Å². The highest BCUT2D eigenvalue weighted by atomic mass is 35.5. The SMILES string of the molecule is CN(C)C(=O)NC1CC2(CCN(Cc3ccccc3Cl)CC2)C1. The fraction of sp³-hybridized carbons (Fsp3) is 0.611. The molecular weight excluding hydrogens is 310 g/mol. The molecule has 2 aliphatic rings. The highest BCUT2D eigenvalue weighted by molar-refractivity contribution is 6.31. The van der Waals surface area contributed by atoms with Crippen LogP contribution in [0.4, 0.5) is 4.79 Å². The molecule has 0 atom stereocenters. The second-order valence-corrected chi connectivity index (χ2v) is 7.72. The van der Waals surface area contributed by atoms with E-state index >= 15 is 0 Å². The molecule has 1 aromatic rings. The zero-order chi connectivity index (χ0) is 16.4. The Morgan fingerprint density at radius 3 is 2.57 bits per heavy atom. The van der Waals surface area contributed by atoms with E-state index in [1.54, 1.807) is 19.0 Å². The fourth-order valence-electron chi connectivity index (χ4n) is 3.85. The maximum absolute atomic E-state index is 11.7. The number of carbonyl (C=O) groups is 1. The van der Waals surface area contributed by atoms with Crippen molar-refractivity contribution in [2.75, 3.05) is 27.2 Å². The minimum absolute atomic E-state index is 0.0287. The van der Waals surface area contributed by atoms with E-state index in [1.165, 1.54) is 18.4 Å². The number of nitrogens with zero attached hydrogens (tertiary/aromatic N) is 2. The predicted molar refractivity (Wildman–Crippen MR) is 93.6 cm³/mol. The Bertz CT molecular complexity index is 559. The van der Waals surface area contributed by atoms with Crippen molar-refractivity contribution in [3.8, 4) is 0 Å². The Labute approximate surface area is 143 Å². The number of amides is 2. The van der Waals surface area contributed by atoms with E-state index in [9.17, 15) is 4.79 Å². The van der Waals surface area contributed by atoms with E-state index in [2.05, 4.69) is 22.3 Å². The molecule has 1 aliphatic carbocycles. The highest BCUT2D eigenvalue weighted by Crippen LogP contribution is 2.49. The van der Waals surface area contributed by atoms with Crippen LogP contribution < -0.4 is 5.32 Å². The molecule has 2 amide bonds. The summed E-state index contributed by atoms with van der Waals surface area (Å²) in [6, 6.07) is 8.50. The number of halogens is 1. The summed E-state index contributed by atoms with van der Waals surface area (Å²) in [5, 5.41) is 3.97. The number of piperidine rings is 1. The van der Waals surface area contributed by atoms with Crippen molar-refractivity contribution < 1.29 is 4.79 Å². The first-order valence-corrected chi connectivity index (χ1v) is 8.79. The standard InChI is InChI=1S/C18H26ClN3O/c1-21(2)17(23)20-15-11-18(12-15)7-9-22(10-8-18)13-14-5-3-4-6-16(14)19/h3-6,15H,7-13H2,1-2H3,(H,20,23). The number of rotatable bonds is 3. The molecule has 1 saturated carbocycles. The van der Waals surface area contributed by atoms with Crippen LogP contribution in [-0.2, 0) is 6.54 Å². The Hall–Kier alpha value is -1.26. The van der Waals surface area contributed by atoms with Crippen molar-refractivity contribution in [2.24, 2.45) is 5.41 Å². The second kappa shape index (κ2) is 6.70. The van der Waals surface area contributed by atoms with Crippen LogP contribution >= 0.6 is 11.6 Å². The van der Waals surface area contributed by atoms with E-state index < -0.39 is 0 Å². The molecule has 1 spiro atoms. The average Bonchev–Trinajstić information content (AvgIpc) is 2.49. The summed E-state index contributed by atoms with van der Waals surface area (Å²) in [7, 11) is 3.58. The van der Waals surface area contributed by atoms with Gasteiger partial charge < -0.3 is 10.2 Å². The van der Waals surface area contributed by atoms with E-state index in [4.69, 9.17) is 11.6 Å². The van der Waals surface area contributed by atoms with Gasteiger partial charge in [-0.2, -0.15) is 0 Å². The molecule has 5 heteroatoms. The number of hydrogen-bond donors (Lipinski definition) is 1. The maximum atomic E-state index is 11.7. The number of benzene rings is 1. The molecule has 126 valence electrons. The van der Waals surface area contributed by atoms with Gasteiger partial charge >= 0.3 is 6.03 Å². The molecule has 1 N–H and O–H groups in total. The molecule has 1 aromatic carbocycles. The van der Waals surface area contributed by atoms with Crippen LogP contribution in [0.25, 0.3) is 0 Å². The molecule has 1 heterocycles. The topological polar surface area (TPSA) is 35.6 Å². The van der Waals surface area contributed by atoms with Gasteiger partial charge in [0, 0.05) is 31.7 Å². The number of carbonyl (C=O) groups excluding carboxylic acids is 1. The van der Waals surface area contributed by atoms with E-state index in [0.29, 0.717) is 11.5 Å². The summed E-state index contributed by atoms with van der Waals surface area (Å²) < 4.78 is 0. The molecule has 1 aliphatic heterocycles. The molecule has 23 heavy (non-hydrogen) atoms. The average molecular weight is 336 g/mol. The summed E-state index contributed by atoms with van der Waals surface area (Å²) in [6.45, 7) is 3.19. The summed E-state index contributed by atoms with van der Waals surface area (Å²) in [5.41, 5.74) is 1.68. The van der Waals surface area contributed by atoms with Gasteiger partial charge in [-0.3, -0.25) is 4.90 Å². The first-order valence-electron chi connectivity index (χ1n) is 8.41. The van der Waals surface area contributed by atoms with Crippen LogP contribution in [0.3, 0.4) is 0 Å². The number of urea groups is 1. The third-order valence-electron chi connectivity index (χ3n) is 5.36. The summed E-state index contributed by atoms with van der Waals surface area (Å²) >= 11 is 6.26. The van der Waals surface area contributed by atoms with Crippen molar-refractivity contribution in [3.05, 3.63) is 34.9 Å². The van der Waals surface area contributed by atoms with Crippen LogP contribution in [0.15, 0.2) is 24.3 Å². The second-order valence-electron chi connectivity index (χ2n) is 7.32. The summed E-state index contributed by atoms with van der Waals surface area (Å²) in [5.74, 6) is 0. The Morgan fingerprint density at radius 1 is 1.30 bits per heavy atom. The molecular formula is C18H26ClN3O. The lowest BCUT2D eigenvalue weighted by Crippen LogP contribution is -2.56. The van der Waals surface area contributed by atoms with Crippen molar-refractivity contribution in [1.82, 2.24) is 15.1 Å². The van der Waals surface area contributed by atoms with Gasteiger partial charge in [0.1, 0.15) is 0 Å². The van der Waals surface area contributed by atoms with Gasteiger partial charge in [0.15, 0.2) is 0 Å². The normalized spacial score (nSPS) is 21.0. The van der Waals surface area contributed by atoms with Crippen LogP contribution in [0.2, 0.25) is 5.02 Å². The smallest absolute Gasteiger partial charge is 0.317 e. The maximum Gasteiger partial charge on any atom is 0.317 e. The minimum atomic E-state index is 0.0287. The number of likely N-dealkylation sites (tertiary alicyclic amines) is 1. The highest BCUT2D eigenvalue weighted by Gasteiger charge is 2.46. The Morgan fingerprint density at radius 2 is 1.96 bits per heavy atom.